The Morgan fingerprint density at radius 3 is 2.94 bits per heavy atom. The molecule has 3 rings (SSSR count). The third-order valence-corrected chi connectivity index (χ3v) is 4.24. The van der Waals surface area contributed by atoms with Gasteiger partial charge in [-0.15, -0.1) is 5.10 Å². The molecule has 0 amide bonds. The van der Waals surface area contributed by atoms with Crippen LogP contribution in [0.15, 0.2) is 26.7 Å². The van der Waals surface area contributed by atoms with Crippen LogP contribution >= 0.6 is 27.7 Å². The summed E-state index contributed by atoms with van der Waals surface area (Å²) < 4.78 is 15.6. The van der Waals surface area contributed by atoms with Crippen molar-refractivity contribution < 1.29 is 4.39 Å². The molecular weight excluding hydrogens is 321 g/mol. The highest BCUT2D eigenvalue weighted by molar-refractivity contribution is 9.10. The van der Waals surface area contributed by atoms with Crippen LogP contribution in [0.5, 0.6) is 0 Å². The number of tetrazole rings is 1. The number of benzene rings is 1. The first kappa shape index (κ1) is 11.9. The summed E-state index contributed by atoms with van der Waals surface area (Å²) in [5, 5.41) is 12.2. The lowest BCUT2D eigenvalue weighted by atomic mass is 10.3. The van der Waals surface area contributed by atoms with Crippen LogP contribution in [0.1, 0.15) is 18.9 Å². The fourth-order valence-corrected chi connectivity index (χ4v) is 2.79. The van der Waals surface area contributed by atoms with E-state index in [1.54, 1.807) is 10.7 Å². The topological polar surface area (TPSA) is 69.6 Å². The zero-order valence-electron chi connectivity index (χ0n) is 9.18. The summed E-state index contributed by atoms with van der Waals surface area (Å²) in [6, 6.07) is 3.31. The second-order valence-electron chi connectivity index (χ2n) is 4.04. The number of hydrogen-bond donors (Lipinski definition) is 1. The minimum absolute atomic E-state index is 0.350. The number of anilines is 1. The number of rotatable bonds is 3. The monoisotopic (exact) mass is 329 g/mol. The van der Waals surface area contributed by atoms with Crippen molar-refractivity contribution in [3.05, 3.63) is 22.4 Å². The lowest BCUT2D eigenvalue weighted by Crippen LogP contribution is -1.99. The Kier molecular flexibility index (Phi) is 2.98. The minimum Gasteiger partial charge on any atom is -0.398 e. The molecule has 1 aliphatic carbocycles. The quantitative estimate of drug-likeness (QED) is 0.876. The third kappa shape index (κ3) is 2.22. The van der Waals surface area contributed by atoms with Gasteiger partial charge in [0.1, 0.15) is 5.82 Å². The molecule has 1 aromatic heterocycles. The predicted molar refractivity (Wildman–Crippen MR) is 68.7 cm³/mol. The van der Waals surface area contributed by atoms with Gasteiger partial charge in [0.2, 0.25) is 5.16 Å². The minimum atomic E-state index is -0.350. The van der Waals surface area contributed by atoms with Crippen LogP contribution in [-0.2, 0) is 0 Å². The first-order chi connectivity index (χ1) is 8.65. The van der Waals surface area contributed by atoms with E-state index in [-0.39, 0.29) is 5.82 Å². The van der Waals surface area contributed by atoms with Crippen LogP contribution in [0, 0.1) is 5.82 Å². The molecule has 0 unspecified atom stereocenters. The van der Waals surface area contributed by atoms with Crippen LogP contribution in [0.3, 0.4) is 0 Å². The molecule has 0 bridgehead atoms. The van der Waals surface area contributed by atoms with Gasteiger partial charge in [-0.25, -0.2) is 9.07 Å². The van der Waals surface area contributed by atoms with E-state index in [2.05, 4.69) is 31.5 Å². The van der Waals surface area contributed by atoms with E-state index in [9.17, 15) is 4.39 Å². The van der Waals surface area contributed by atoms with Crippen molar-refractivity contribution >= 4 is 33.4 Å². The number of aromatic nitrogens is 4. The van der Waals surface area contributed by atoms with Gasteiger partial charge in [-0.2, -0.15) is 0 Å². The van der Waals surface area contributed by atoms with E-state index in [0.717, 1.165) is 12.8 Å². The maximum Gasteiger partial charge on any atom is 0.214 e. The molecule has 0 aliphatic heterocycles. The van der Waals surface area contributed by atoms with Gasteiger partial charge in [-0.05, 0) is 63.1 Å². The summed E-state index contributed by atoms with van der Waals surface area (Å²) in [4.78, 5) is 0.618. The fraction of sp³-hybridized carbons (Fsp3) is 0.300. The molecule has 1 aliphatic rings. The largest absolute Gasteiger partial charge is 0.398 e. The number of nitrogens with two attached hydrogens (primary N) is 1. The van der Waals surface area contributed by atoms with Crippen LogP contribution in [0.25, 0.3) is 0 Å². The highest BCUT2D eigenvalue weighted by Gasteiger charge is 2.28. The molecule has 1 saturated carbocycles. The first-order valence-electron chi connectivity index (χ1n) is 5.35. The van der Waals surface area contributed by atoms with E-state index in [4.69, 9.17) is 5.73 Å². The van der Waals surface area contributed by atoms with E-state index in [1.807, 2.05) is 0 Å². The highest BCUT2D eigenvalue weighted by Crippen LogP contribution is 2.39. The van der Waals surface area contributed by atoms with E-state index in [0.29, 0.717) is 26.3 Å². The number of hydrogen-bond acceptors (Lipinski definition) is 5. The molecule has 0 saturated heterocycles. The van der Waals surface area contributed by atoms with Crippen molar-refractivity contribution in [3.63, 3.8) is 0 Å². The summed E-state index contributed by atoms with van der Waals surface area (Å²) in [5.41, 5.74) is 6.35. The molecule has 0 radical (unpaired) electrons. The van der Waals surface area contributed by atoms with Crippen LogP contribution < -0.4 is 5.73 Å². The molecule has 18 heavy (non-hydrogen) atoms. The van der Waals surface area contributed by atoms with Gasteiger partial charge in [0, 0.05) is 10.6 Å². The fourth-order valence-electron chi connectivity index (χ4n) is 1.53. The molecule has 1 fully saturated rings. The van der Waals surface area contributed by atoms with Gasteiger partial charge < -0.3 is 5.73 Å². The highest BCUT2D eigenvalue weighted by atomic mass is 79.9. The van der Waals surface area contributed by atoms with Gasteiger partial charge in [0.05, 0.1) is 10.5 Å². The zero-order chi connectivity index (χ0) is 12.7. The Morgan fingerprint density at radius 1 is 1.44 bits per heavy atom. The third-order valence-electron chi connectivity index (χ3n) is 2.61. The van der Waals surface area contributed by atoms with Gasteiger partial charge in [-0.3, -0.25) is 0 Å². The Morgan fingerprint density at radius 2 is 2.22 bits per heavy atom. The SMILES string of the molecule is Nc1cc(Br)c(F)cc1Sc1nnnn1C1CC1. The number of nitrogen functional groups attached to an aromatic ring is 1. The van der Waals surface area contributed by atoms with Crippen LogP contribution in [0.2, 0.25) is 0 Å². The molecule has 0 spiro atoms. The molecule has 8 heteroatoms. The van der Waals surface area contributed by atoms with E-state index in [1.165, 1.54) is 17.8 Å². The van der Waals surface area contributed by atoms with Crippen molar-refractivity contribution in [1.29, 1.82) is 0 Å². The van der Waals surface area contributed by atoms with Crippen molar-refractivity contribution in [3.8, 4) is 0 Å². The summed E-state index contributed by atoms with van der Waals surface area (Å²) in [7, 11) is 0. The van der Waals surface area contributed by atoms with Gasteiger partial charge in [-0.1, -0.05) is 0 Å². The van der Waals surface area contributed by atoms with E-state index >= 15 is 0 Å². The molecule has 5 nitrogen and oxygen atoms in total. The lowest BCUT2D eigenvalue weighted by molar-refractivity contribution is 0.565. The van der Waals surface area contributed by atoms with Crippen molar-refractivity contribution in [2.75, 3.05) is 5.73 Å². The first-order valence-corrected chi connectivity index (χ1v) is 6.96. The van der Waals surface area contributed by atoms with Gasteiger partial charge >= 0.3 is 0 Å². The van der Waals surface area contributed by atoms with Crippen LogP contribution in [0.4, 0.5) is 10.1 Å². The van der Waals surface area contributed by atoms with Crippen molar-refractivity contribution in [2.24, 2.45) is 0 Å². The Balaban J connectivity index is 1.92. The molecule has 1 aromatic carbocycles. The number of nitrogens with zero attached hydrogens (tertiary/aromatic N) is 4. The molecular formula is C10H9BrFN5S. The standard InChI is InChI=1S/C10H9BrFN5S/c11-6-3-8(13)9(4-7(6)12)18-10-14-15-16-17(10)5-1-2-5/h3-5H,1-2,13H2. The Labute approximate surface area is 115 Å². The summed E-state index contributed by atoms with van der Waals surface area (Å²) in [6.07, 6.45) is 2.17. The second-order valence-corrected chi connectivity index (χ2v) is 5.91. The van der Waals surface area contributed by atoms with Gasteiger partial charge in [0.15, 0.2) is 0 Å². The average molecular weight is 330 g/mol. The van der Waals surface area contributed by atoms with Crippen molar-refractivity contribution in [1.82, 2.24) is 20.2 Å². The zero-order valence-corrected chi connectivity index (χ0v) is 11.6. The molecule has 1 heterocycles. The summed E-state index contributed by atoms with van der Waals surface area (Å²) >= 11 is 4.38. The Hall–Kier alpha value is -1.15. The number of halogens is 2. The maximum atomic E-state index is 13.5. The molecule has 0 atom stereocenters. The van der Waals surface area contributed by atoms with Crippen molar-refractivity contribution in [2.45, 2.75) is 28.9 Å². The maximum absolute atomic E-state index is 13.5. The lowest BCUT2D eigenvalue weighted by Gasteiger charge is -2.06. The smallest absolute Gasteiger partial charge is 0.214 e. The summed E-state index contributed by atoms with van der Waals surface area (Å²) in [6.45, 7) is 0. The van der Waals surface area contributed by atoms with Crippen LogP contribution in [-0.4, -0.2) is 20.2 Å². The molecule has 2 aromatic rings. The average Bonchev–Trinajstić information content (AvgIpc) is 3.07. The Bertz CT molecular complexity index is 598. The van der Waals surface area contributed by atoms with E-state index < -0.39 is 0 Å². The summed E-state index contributed by atoms with van der Waals surface area (Å²) in [5.74, 6) is -0.350. The normalized spacial score (nSPS) is 15.0. The molecule has 2 N–H and O–H groups in total. The predicted octanol–water partition coefficient (Wildman–Crippen LogP) is 2.64. The van der Waals surface area contributed by atoms with Gasteiger partial charge in [0.25, 0.3) is 0 Å². The second kappa shape index (κ2) is 4.51. The molecule has 94 valence electrons.